The van der Waals surface area contributed by atoms with Crippen molar-refractivity contribution in [1.82, 2.24) is 0 Å². The first kappa shape index (κ1) is 21.8. The van der Waals surface area contributed by atoms with Gasteiger partial charge in [0.1, 0.15) is 5.75 Å². The summed E-state index contributed by atoms with van der Waals surface area (Å²) >= 11 is 0. The number of rotatable bonds is 11. The average Bonchev–Trinajstić information content (AvgIpc) is 2.79. The average molecular weight is 403 g/mol. The van der Waals surface area contributed by atoms with Gasteiger partial charge in [0.15, 0.2) is 5.78 Å². The van der Waals surface area contributed by atoms with Gasteiger partial charge in [-0.3, -0.25) is 4.79 Å². The molecule has 0 aliphatic carbocycles. The lowest BCUT2D eigenvalue weighted by Gasteiger charge is -2.08. The quantitative estimate of drug-likeness (QED) is 0.261. The molecule has 0 heterocycles. The van der Waals surface area contributed by atoms with Crippen molar-refractivity contribution >= 4 is 5.78 Å². The number of unbranched alkanes of at least 4 members (excludes halogenated alkanes) is 3. The summed E-state index contributed by atoms with van der Waals surface area (Å²) in [5.41, 5.74) is 5.32. The first-order chi connectivity index (χ1) is 14.7. The number of hydrogen-bond donors (Lipinski definition) is 0. The third kappa shape index (κ3) is 6.30. The number of ketones is 1. The van der Waals surface area contributed by atoms with Gasteiger partial charge in [0.05, 0.1) is 6.61 Å². The van der Waals surface area contributed by atoms with Gasteiger partial charge in [-0.25, -0.2) is 0 Å². The lowest BCUT2D eigenvalue weighted by atomic mass is 9.99. The topological polar surface area (TPSA) is 35.5 Å². The van der Waals surface area contributed by atoms with E-state index in [1.807, 2.05) is 36.4 Å². The SMILES string of the molecule is COCCCCCCOc1ccc(-c2ccc(-c3ccc(C(C)=O)cc3)cc2)cc1. The molecule has 3 aromatic rings. The van der Waals surface area contributed by atoms with Crippen LogP contribution in [0.15, 0.2) is 72.8 Å². The van der Waals surface area contributed by atoms with Gasteiger partial charge in [-0.15, -0.1) is 0 Å². The van der Waals surface area contributed by atoms with Crippen LogP contribution in [0.3, 0.4) is 0 Å². The van der Waals surface area contributed by atoms with Crippen molar-refractivity contribution in [2.45, 2.75) is 32.6 Å². The standard InChI is InChI=1S/C27H30O3/c1-21(28)22-7-9-23(10-8-22)24-11-13-25(14-12-24)26-15-17-27(18-16-26)30-20-6-4-3-5-19-29-2/h7-18H,3-6,19-20H2,1-2H3. The molecule has 3 rings (SSSR count). The molecular weight excluding hydrogens is 372 g/mol. The number of Topliss-reactive ketones (excluding diaryl/α,β-unsaturated/α-hetero) is 1. The summed E-state index contributed by atoms with van der Waals surface area (Å²) < 4.78 is 10.9. The molecule has 0 bridgehead atoms. The van der Waals surface area contributed by atoms with Crippen molar-refractivity contribution in [3.63, 3.8) is 0 Å². The Morgan fingerprint density at radius 2 is 1.07 bits per heavy atom. The molecule has 30 heavy (non-hydrogen) atoms. The molecule has 0 N–H and O–H groups in total. The van der Waals surface area contributed by atoms with Gasteiger partial charge in [0.25, 0.3) is 0 Å². The molecule has 3 heteroatoms. The van der Waals surface area contributed by atoms with E-state index in [1.54, 1.807) is 14.0 Å². The van der Waals surface area contributed by atoms with Crippen LogP contribution >= 0.6 is 0 Å². The van der Waals surface area contributed by atoms with E-state index in [1.165, 1.54) is 24.0 Å². The molecule has 0 spiro atoms. The molecule has 0 unspecified atom stereocenters. The summed E-state index contributed by atoms with van der Waals surface area (Å²) in [5, 5.41) is 0. The van der Waals surface area contributed by atoms with E-state index in [-0.39, 0.29) is 5.78 Å². The molecular formula is C27H30O3. The Bertz CT molecular complexity index is 910. The van der Waals surface area contributed by atoms with Gasteiger partial charge in [-0.1, -0.05) is 67.1 Å². The maximum absolute atomic E-state index is 11.4. The summed E-state index contributed by atoms with van der Waals surface area (Å²) in [4.78, 5) is 11.4. The third-order valence-corrected chi connectivity index (χ3v) is 5.21. The molecule has 156 valence electrons. The highest BCUT2D eigenvalue weighted by Crippen LogP contribution is 2.26. The zero-order chi connectivity index (χ0) is 21.2. The maximum atomic E-state index is 11.4. The van der Waals surface area contributed by atoms with Crippen molar-refractivity contribution in [3.05, 3.63) is 78.4 Å². The van der Waals surface area contributed by atoms with Crippen LogP contribution in [0.1, 0.15) is 43.0 Å². The Morgan fingerprint density at radius 3 is 1.53 bits per heavy atom. The Balaban J connectivity index is 1.53. The smallest absolute Gasteiger partial charge is 0.159 e. The fourth-order valence-corrected chi connectivity index (χ4v) is 3.39. The fraction of sp³-hybridized carbons (Fsp3) is 0.296. The fourth-order valence-electron chi connectivity index (χ4n) is 3.39. The van der Waals surface area contributed by atoms with Crippen molar-refractivity contribution < 1.29 is 14.3 Å². The molecule has 0 saturated carbocycles. The number of hydrogen-bond acceptors (Lipinski definition) is 3. The van der Waals surface area contributed by atoms with Crippen molar-refractivity contribution in [2.24, 2.45) is 0 Å². The van der Waals surface area contributed by atoms with E-state index in [4.69, 9.17) is 9.47 Å². The number of methoxy groups -OCH3 is 1. The molecule has 3 nitrogen and oxygen atoms in total. The number of carbonyl (C=O) groups excluding carboxylic acids is 1. The number of benzene rings is 3. The van der Waals surface area contributed by atoms with Gasteiger partial charge in [0, 0.05) is 19.3 Å². The lowest BCUT2D eigenvalue weighted by molar-refractivity contribution is 0.101. The highest BCUT2D eigenvalue weighted by atomic mass is 16.5. The predicted octanol–water partition coefficient (Wildman–Crippen LogP) is 6.81. The molecule has 0 amide bonds. The van der Waals surface area contributed by atoms with Crippen LogP contribution in [0.25, 0.3) is 22.3 Å². The number of carbonyl (C=O) groups is 1. The van der Waals surface area contributed by atoms with E-state index in [9.17, 15) is 4.79 Å². The Morgan fingerprint density at radius 1 is 0.633 bits per heavy atom. The molecule has 0 aliphatic rings. The van der Waals surface area contributed by atoms with Crippen LogP contribution in [0.2, 0.25) is 0 Å². The van der Waals surface area contributed by atoms with E-state index in [0.717, 1.165) is 48.5 Å². The second-order valence-electron chi connectivity index (χ2n) is 7.49. The van der Waals surface area contributed by atoms with Crippen molar-refractivity contribution in [1.29, 1.82) is 0 Å². The second-order valence-corrected chi connectivity index (χ2v) is 7.49. The summed E-state index contributed by atoms with van der Waals surface area (Å²) in [5.74, 6) is 1.00. The van der Waals surface area contributed by atoms with Crippen LogP contribution in [-0.2, 0) is 4.74 Å². The first-order valence-electron chi connectivity index (χ1n) is 10.6. The highest BCUT2D eigenvalue weighted by molar-refractivity contribution is 5.94. The minimum absolute atomic E-state index is 0.0893. The summed E-state index contributed by atoms with van der Waals surface area (Å²) in [6.45, 7) is 3.18. The van der Waals surface area contributed by atoms with Crippen molar-refractivity contribution in [3.8, 4) is 28.0 Å². The van der Waals surface area contributed by atoms with Crippen LogP contribution in [0.4, 0.5) is 0 Å². The molecule has 0 radical (unpaired) electrons. The van der Waals surface area contributed by atoms with Crippen LogP contribution in [-0.4, -0.2) is 26.1 Å². The highest BCUT2D eigenvalue weighted by Gasteiger charge is 2.03. The Labute approximate surface area is 179 Å². The van der Waals surface area contributed by atoms with E-state index < -0.39 is 0 Å². The second kappa shape index (κ2) is 11.3. The normalized spacial score (nSPS) is 10.7. The molecule has 0 fully saturated rings. The third-order valence-electron chi connectivity index (χ3n) is 5.21. The molecule has 0 atom stereocenters. The van der Waals surface area contributed by atoms with Gasteiger partial charge in [0.2, 0.25) is 0 Å². The van der Waals surface area contributed by atoms with Crippen LogP contribution < -0.4 is 4.74 Å². The molecule has 0 aromatic heterocycles. The summed E-state index contributed by atoms with van der Waals surface area (Å²) in [6, 6.07) is 24.5. The number of ether oxygens (including phenoxy) is 2. The predicted molar refractivity (Wildman–Crippen MR) is 123 cm³/mol. The van der Waals surface area contributed by atoms with Crippen LogP contribution in [0, 0.1) is 0 Å². The Hall–Kier alpha value is -2.91. The maximum Gasteiger partial charge on any atom is 0.159 e. The zero-order valence-electron chi connectivity index (χ0n) is 17.9. The van der Waals surface area contributed by atoms with Gasteiger partial charge < -0.3 is 9.47 Å². The molecule has 0 saturated heterocycles. The monoisotopic (exact) mass is 402 g/mol. The van der Waals surface area contributed by atoms with Crippen LogP contribution in [0.5, 0.6) is 5.75 Å². The summed E-state index contributed by atoms with van der Waals surface area (Å²) in [6.07, 6.45) is 4.55. The Kier molecular flexibility index (Phi) is 8.22. The molecule has 0 aliphatic heterocycles. The van der Waals surface area contributed by atoms with Gasteiger partial charge in [-0.2, -0.15) is 0 Å². The first-order valence-corrected chi connectivity index (χ1v) is 10.6. The van der Waals surface area contributed by atoms with Gasteiger partial charge >= 0.3 is 0 Å². The largest absolute Gasteiger partial charge is 0.494 e. The zero-order valence-corrected chi connectivity index (χ0v) is 17.9. The van der Waals surface area contributed by atoms with Gasteiger partial charge in [-0.05, 0) is 60.6 Å². The summed E-state index contributed by atoms with van der Waals surface area (Å²) in [7, 11) is 1.75. The minimum Gasteiger partial charge on any atom is -0.494 e. The molecule has 3 aromatic carbocycles. The van der Waals surface area contributed by atoms with E-state index in [2.05, 4.69) is 36.4 Å². The van der Waals surface area contributed by atoms with E-state index >= 15 is 0 Å². The van der Waals surface area contributed by atoms with Crippen molar-refractivity contribution in [2.75, 3.05) is 20.3 Å². The van der Waals surface area contributed by atoms with E-state index in [0.29, 0.717) is 0 Å². The lowest BCUT2D eigenvalue weighted by Crippen LogP contribution is -1.97. The minimum atomic E-state index is 0.0893.